The number of pyridine rings is 1. The van der Waals surface area contributed by atoms with Crippen LogP contribution in [0, 0.1) is 11.7 Å². The number of fused-ring (bicyclic) bond motifs is 1. The third kappa shape index (κ3) is 4.92. The lowest BCUT2D eigenvalue weighted by molar-refractivity contribution is 0.0494. The van der Waals surface area contributed by atoms with Crippen molar-refractivity contribution in [1.82, 2.24) is 9.88 Å². The Bertz CT molecular complexity index is 1230. The quantitative estimate of drug-likeness (QED) is 0.633. The molecule has 1 aromatic carbocycles. The van der Waals surface area contributed by atoms with Crippen molar-refractivity contribution in [2.24, 2.45) is 5.92 Å². The van der Waals surface area contributed by atoms with Gasteiger partial charge in [0.15, 0.2) is 11.6 Å². The van der Waals surface area contributed by atoms with E-state index in [2.05, 4.69) is 5.32 Å². The van der Waals surface area contributed by atoms with E-state index in [-0.39, 0.29) is 40.4 Å². The van der Waals surface area contributed by atoms with Crippen LogP contribution in [0.1, 0.15) is 63.4 Å². The molecule has 1 saturated carbocycles. The van der Waals surface area contributed by atoms with Crippen LogP contribution >= 0.6 is 0 Å². The highest BCUT2D eigenvalue weighted by atomic mass is 19.1. The third-order valence-corrected chi connectivity index (χ3v) is 6.57. The Hall–Kier alpha value is -3.30. The molecule has 2 aromatic rings. The Labute approximate surface area is 202 Å². The Morgan fingerprint density at radius 2 is 1.94 bits per heavy atom. The topological polar surface area (TPSA) is 110 Å². The van der Waals surface area contributed by atoms with Crippen molar-refractivity contribution < 1.29 is 28.6 Å². The lowest BCUT2D eigenvalue weighted by atomic mass is 10.0. The summed E-state index contributed by atoms with van der Waals surface area (Å²) >= 11 is 0. The van der Waals surface area contributed by atoms with E-state index in [9.17, 15) is 19.5 Å². The Morgan fingerprint density at radius 1 is 1.26 bits per heavy atom. The van der Waals surface area contributed by atoms with E-state index in [1.54, 1.807) is 25.3 Å². The minimum Gasteiger partial charge on any atom is -0.492 e. The first kappa shape index (κ1) is 24.8. The first-order chi connectivity index (χ1) is 16.4. The van der Waals surface area contributed by atoms with E-state index in [0.717, 1.165) is 18.9 Å². The molecule has 10 heteroatoms. The number of carbonyl (C=O) groups is 2. The van der Waals surface area contributed by atoms with Crippen LogP contribution in [0.4, 0.5) is 14.9 Å². The molecule has 2 fully saturated rings. The predicted octanol–water partition coefficient (Wildman–Crippen LogP) is 3.92. The van der Waals surface area contributed by atoms with Crippen LogP contribution in [-0.4, -0.2) is 53.6 Å². The molecule has 2 N–H and O–H groups in total. The molecule has 0 bridgehead atoms. The molecule has 1 aliphatic carbocycles. The zero-order valence-corrected chi connectivity index (χ0v) is 20.7. The summed E-state index contributed by atoms with van der Waals surface area (Å²) in [5, 5.41) is 12.4. The van der Waals surface area contributed by atoms with E-state index >= 15 is 4.39 Å². The number of nitrogens with zero attached hydrogens (tertiary/aromatic N) is 2. The van der Waals surface area contributed by atoms with Gasteiger partial charge in [0.05, 0.1) is 18.0 Å². The number of hydrogen-bond acceptors (Lipinski definition) is 6. The number of rotatable bonds is 6. The summed E-state index contributed by atoms with van der Waals surface area (Å²) in [5.74, 6) is -1.73. The van der Waals surface area contributed by atoms with Crippen molar-refractivity contribution in [3.05, 3.63) is 33.9 Å². The van der Waals surface area contributed by atoms with Crippen LogP contribution in [0.2, 0.25) is 0 Å². The summed E-state index contributed by atoms with van der Waals surface area (Å²) in [7, 11) is 1.42. The van der Waals surface area contributed by atoms with Gasteiger partial charge in [-0.05, 0) is 58.9 Å². The van der Waals surface area contributed by atoms with E-state index in [1.807, 2.05) is 11.8 Å². The molecule has 0 spiro atoms. The molecular formula is C25H32FN3O6. The number of aromatic carboxylic acids is 1. The third-order valence-electron chi connectivity index (χ3n) is 6.57. The van der Waals surface area contributed by atoms with Gasteiger partial charge in [-0.25, -0.2) is 14.0 Å². The Morgan fingerprint density at radius 3 is 2.51 bits per heavy atom. The molecule has 4 rings (SSSR count). The number of aromatic nitrogens is 1. The van der Waals surface area contributed by atoms with Crippen LogP contribution < -0.4 is 20.4 Å². The Kier molecular flexibility index (Phi) is 6.42. The lowest BCUT2D eigenvalue weighted by Crippen LogP contribution is -2.42. The fourth-order valence-electron chi connectivity index (χ4n) is 4.73. The first-order valence-corrected chi connectivity index (χ1v) is 11.8. The molecule has 1 aromatic heterocycles. The number of benzene rings is 1. The van der Waals surface area contributed by atoms with Gasteiger partial charge >= 0.3 is 12.1 Å². The maximum Gasteiger partial charge on any atom is 0.407 e. The van der Waals surface area contributed by atoms with Crippen LogP contribution in [0.5, 0.6) is 5.75 Å². The van der Waals surface area contributed by atoms with Gasteiger partial charge in [-0.3, -0.25) is 4.79 Å². The summed E-state index contributed by atoms with van der Waals surface area (Å²) in [5.41, 5.74) is -1.08. The van der Waals surface area contributed by atoms with Crippen molar-refractivity contribution in [2.45, 2.75) is 64.6 Å². The molecule has 1 aliphatic heterocycles. The molecule has 35 heavy (non-hydrogen) atoms. The maximum atomic E-state index is 15.5. The highest BCUT2D eigenvalue weighted by molar-refractivity contribution is 5.97. The smallest absolute Gasteiger partial charge is 0.407 e. The largest absolute Gasteiger partial charge is 0.492 e. The zero-order chi connectivity index (χ0) is 25.7. The molecule has 9 nitrogen and oxygen atoms in total. The van der Waals surface area contributed by atoms with Gasteiger partial charge in [0.1, 0.15) is 16.9 Å². The molecule has 0 unspecified atom stereocenters. The monoisotopic (exact) mass is 489 g/mol. The second kappa shape index (κ2) is 9.05. The number of carboxylic acids is 1. The zero-order valence-electron chi connectivity index (χ0n) is 20.7. The summed E-state index contributed by atoms with van der Waals surface area (Å²) < 4.78 is 28.2. The van der Waals surface area contributed by atoms with Crippen molar-refractivity contribution in [1.29, 1.82) is 0 Å². The van der Waals surface area contributed by atoms with Crippen LogP contribution in [-0.2, 0) is 4.74 Å². The molecule has 2 atom stereocenters. The molecule has 2 heterocycles. The van der Waals surface area contributed by atoms with Gasteiger partial charge < -0.3 is 29.4 Å². The van der Waals surface area contributed by atoms with Crippen molar-refractivity contribution >= 4 is 28.7 Å². The van der Waals surface area contributed by atoms with Crippen LogP contribution in [0.3, 0.4) is 0 Å². The highest BCUT2D eigenvalue weighted by Gasteiger charge is 2.35. The fourth-order valence-corrected chi connectivity index (χ4v) is 4.73. The van der Waals surface area contributed by atoms with Crippen LogP contribution in [0.15, 0.2) is 17.1 Å². The number of carboxylic acid groups (broad SMARTS) is 1. The van der Waals surface area contributed by atoms with Crippen molar-refractivity contribution in [2.75, 3.05) is 25.1 Å². The van der Waals surface area contributed by atoms with Gasteiger partial charge in [0.25, 0.3) is 0 Å². The van der Waals surface area contributed by atoms with Gasteiger partial charge in [-0.1, -0.05) is 0 Å². The van der Waals surface area contributed by atoms with E-state index < -0.39 is 28.9 Å². The average molecular weight is 490 g/mol. The fraction of sp³-hybridized carbons (Fsp3) is 0.560. The average Bonchev–Trinajstić information content (AvgIpc) is 3.47. The first-order valence-electron chi connectivity index (χ1n) is 11.8. The SMILES string of the molecule is COc1c(N2CC[C@@H]([C@@H](C)NC(=O)OC(C)(C)C)C2)c(F)cc2c(=O)c(C(=O)O)cn(C3CC3)c12. The van der Waals surface area contributed by atoms with Gasteiger partial charge in [0, 0.05) is 31.4 Å². The van der Waals surface area contributed by atoms with Gasteiger partial charge in [-0.15, -0.1) is 0 Å². The minimum atomic E-state index is -1.34. The summed E-state index contributed by atoms with van der Waals surface area (Å²) in [6, 6.07) is 0.955. The number of amides is 1. The Balaban J connectivity index is 1.69. The van der Waals surface area contributed by atoms with Crippen LogP contribution in [0.25, 0.3) is 10.9 Å². The number of carbonyl (C=O) groups excluding carboxylic acids is 1. The minimum absolute atomic E-state index is 0.00870. The predicted molar refractivity (Wildman–Crippen MR) is 129 cm³/mol. The van der Waals surface area contributed by atoms with E-state index in [1.165, 1.54) is 13.3 Å². The van der Waals surface area contributed by atoms with Gasteiger partial charge in [0.2, 0.25) is 5.43 Å². The number of hydrogen-bond donors (Lipinski definition) is 2. The van der Waals surface area contributed by atoms with Crippen molar-refractivity contribution in [3.8, 4) is 5.75 Å². The number of anilines is 1. The molecule has 1 amide bonds. The number of ether oxygens (including phenoxy) is 2. The van der Waals surface area contributed by atoms with E-state index in [0.29, 0.717) is 25.0 Å². The number of halogens is 1. The van der Waals surface area contributed by atoms with Gasteiger partial charge in [-0.2, -0.15) is 0 Å². The van der Waals surface area contributed by atoms with E-state index in [4.69, 9.17) is 9.47 Å². The molecular weight excluding hydrogens is 457 g/mol. The normalized spacial score (nSPS) is 19.0. The highest BCUT2D eigenvalue weighted by Crippen LogP contribution is 2.44. The molecule has 2 aliphatic rings. The summed E-state index contributed by atoms with van der Waals surface area (Å²) in [6.07, 6.45) is 3.24. The van der Waals surface area contributed by atoms with Crippen molar-refractivity contribution in [3.63, 3.8) is 0 Å². The summed E-state index contributed by atoms with van der Waals surface area (Å²) in [6.45, 7) is 8.28. The lowest BCUT2D eigenvalue weighted by Gasteiger charge is -2.27. The second-order valence-corrected chi connectivity index (χ2v) is 10.4. The molecule has 1 saturated heterocycles. The number of alkyl carbamates (subject to hydrolysis) is 1. The molecule has 190 valence electrons. The second-order valence-electron chi connectivity index (χ2n) is 10.4. The maximum absolute atomic E-state index is 15.5. The summed E-state index contributed by atoms with van der Waals surface area (Å²) in [4.78, 5) is 38.6. The number of methoxy groups -OCH3 is 1. The molecule has 0 radical (unpaired) electrons. The number of nitrogens with one attached hydrogen (secondary N) is 1. The standard InChI is InChI=1S/C25H32FN3O6/c1-13(27-24(33)35-25(2,3)4)14-8-9-28(11-14)20-18(26)10-16-19(22(20)34-5)29(15-6-7-15)12-17(21(16)30)23(31)32/h10,12-15H,6-9,11H2,1-5H3,(H,27,33)(H,31,32)/t13-,14-/m1/s1.